The zero-order valence-corrected chi connectivity index (χ0v) is 12.4. The number of hydrogen-bond donors (Lipinski definition) is 1. The van der Waals surface area contributed by atoms with Gasteiger partial charge in [0, 0.05) is 31.2 Å². The number of ketones is 1. The lowest BCUT2D eigenvalue weighted by molar-refractivity contribution is -0.114. The van der Waals surface area contributed by atoms with Gasteiger partial charge >= 0.3 is 0 Å². The van der Waals surface area contributed by atoms with Crippen molar-refractivity contribution in [2.75, 3.05) is 0 Å². The third-order valence-electron chi connectivity index (χ3n) is 3.28. The zero-order valence-electron chi connectivity index (χ0n) is 12.4. The summed E-state index contributed by atoms with van der Waals surface area (Å²) < 4.78 is 0. The second kappa shape index (κ2) is 8.05. The Morgan fingerprint density at radius 3 is 2.10 bits per heavy atom. The number of carbonyl (C=O) groups excluding carboxylic acids is 1. The van der Waals surface area contributed by atoms with Crippen LogP contribution in [-0.4, -0.2) is 5.78 Å². The molecule has 0 atom stereocenters. The highest BCUT2D eigenvalue weighted by Gasteiger charge is 2.03. The van der Waals surface area contributed by atoms with Crippen molar-refractivity contribution >= 4 is 5.78 Å². The summed E-state index contributed by atoms with van der Waals surface area (Å²) in [5, 5.41) is 3.39. The molecule has 0 heterocycles. The van der Waals surface area contributed by atoms with Gasteiger partial charge in [-0.15, -0.1) is 0 Å². The Balaban J connectivity index is 2.05. The SMILES string of the molecule is CCC(=O)/C=C(/Cc1ccccc1)NCc1ccccc1. The van der Waals surface area contributed by atoms with E-state index in [0.717, 1.165) is 18.7 Å². The summed E-state index contributed by atoms with van der Waals surface area (Å²) in [6.07, 6.45) is 3.01. The Hall–Kier alpha value is -2.35. The van der Waals surface area contributed by atoms with Gasteiger partial charge in [-0.3, -0.25) is 4.79 Å². The van der Waals surface area contributed by atoms with E-state index >= 15 is 0 Å². The molecule has 21 heavy (non-hydrogen) atoms. The van der Waals surface area contributed by atoms with E-state index in [4.69, 9.17) is 0 Å². The summed E-state index contributed by atoms with van der Waals surface area (Å²) in [6, 6.07) is 20.4. The van der Waals surface area contributed by atoms with Crippen LogP contribution >= 0.6 is 0 Å². The van der Waals surface area contributed by atoms with E-state index in [1.165, 1.54) is 11.1 Å². The van der Waals surface area contributed by atoms with Gasteiger partial charge in [-0.2, -0.15) is 0 Å². The highest BCUT2D eigenvalue weighted by atomic mass is 16.1. The fourth-order valence-corrected chi connectivity index (χ4v) is 2.09. The van der Waals surface area contributed by atoms with Crippen molar-refractivity contribution in [2.45, 2.75) is 26.3 Å². The molecule has 0 radical (unpaired) electrons. The summed E-state index contributed by atoms with van der Waals surface area (Å²) in [7, 11) is 0. The molecule has 0 bridgehead atoms. The standard InChI is InChI=1S/C19H21NO/c1-2-19(21)14-18(13-16-9-5-3-6-10-16)20-15-17-11-7-4-8-12-17/h3-12,14,20H,2,13,15H2,1H3/b18-14-. The first-order valence-corrected chi connectivity index (χ1v) is 7.33. The molecule has 2 nitrogen and oxygen atoms in total. The van der Waals surface area contributed by atoms with Crippen molar-refractivity contribution < 1.29 is 4.79 Å². The van der Waals surface area contributed by atoms with Crippen LogP contribution in [0, 0.1) is 0 Å². The lowest BCUT2D eigenvalue weighted by Gasteiger charge is -2.11. The van der Waals surface area contributed by atoms with E-state index in [0.29, 0.717) is 6.42 Å². The number of rotatable bonds is 7. The van der Waals surface area contributed by atoms with E-state index in [9.17, 15) is 4.79 Å². The molecule has 2 aromatic carbocycles. The van der Waals surface area contributed by atoms with Crippen LogP contribution in [-0.2, 0) is 17.8 Å². The van der Waals surface area contributed by atoms with Crippen molar-refractivity contribution in [3.63, 3.8) is 0 Å². The van der Waals surface area contributed by atoms with E-state index in [2.05, 4.69) is 29.6 Å². The van der Waals surface area contributed by atoms with Crippen LogP contribution in [0.25, 0.3) is 0 Å². The smallest absolute Gasteiger partial charge is 0.157 e. The fourth-order valence-electron chi connectivity index (χ4n) is 2.09. The largest absolute Gasteiger partial charge is 0.384 e. The van der Waals surface area contributed by atoms with Crippen molar-refractivity contribution in [3.05, 3.63) is 83.6 Å². The van der Waals surface area contributed by atoms with Gasteiger partial charge in [0.2, 0.25) is 0 Å². The van der Waals surface area contributed by atoms with Gasteiger partial charge in [-0.25, -0.2) is 0 Å². The Kier molecular flexibility index (Phi) is 5.77. The molecule has 0 saturated carbocycles. The molecule has 0 aliphatic rings. The third kappa shape index (κ3) is 5.27. The van der Waals surface area contributed by atoms with Gasteiger partial charge < -0.3 is 5.32 Å². The summed E-state index contributed by atoms with van der Waals surface area (Å²) in [5.74, 6) is 0.154. The minimum atomic E-state index is 0.154. The maximum Gasteiger partial charge on any atom is 0.157 e. The van der Waals surface area contributed by atoms with E-state index in [-0.39, 0.29) is 5.78 Å². The van der Waals surface area contributed by atoms with Crippen molar-refractivity contribution in [2.24, 2.45) is 0 Å². The highest BCUT2D eigenvalue weighted by molar-refractivity contribution is 5.89. The quantitative estimate of drug-likeness (QED) is 0.779. The molecular formula is C19H21NO. The van der Waals surface area contributed by atoms with Crippen LogP contribution < -0.4 is 5.32 Å². The summed E-state index contributed by atoms with van der Waals surface area (Å²) >= 11 is 0. The molecule has 108 valence electrons. The maximum atomic E-state index is 11.7. The predicted octanol–water partition coefficient (Wildman–Crippen LogP) is 3.88. The lowest BCUT2D eigenvalue weighted by atomic mass is 10.1. The molecule has 0 unspecified atom stereocenters. The molecule has 0 aromatic heterocycles. The first-order valence-electron chi connectivity index (χ1n) is 7.33. The molecule has 2 rings (SSSR count). The fraction of sp³-hybridized carbons (Fsp3) is 0.211. The first kappa shape index (κ1) is 15.0. The maximum absolute atomic E-state index is 11.7. The van der Waals surface area contributed by atoms with Gasteiger partial charge in [-0.1, -0.05) is 67.6 Å². The monoisotopic (exact) mass is 279 g/mol. The predicted molar refractivity (Wildman–Crippen MR) is 86.8 cm³/mol. The van der Waals surface area contributed by atoms with E-state index < -0.39 is 0 Å². The Labute approximate surface area is 126 Å². The van der Waals surface area contributed by atoms with Crippen LogP contribution in [0.1, 0.15) is 24.5 Å². The third-order valence-corrected chi connectivity index (χ3v) is 3.28. The summed E-state index contributed by atoms with van der Waals surface area (Å²) in [4.78, 5) is 11.7. The van der Waals surface area contributed by atoms with Gasteiger partial charge in [0.15, 0.2) is 5.78 Å². The Morgan fingerprint density at radius 2 is 1.52 bits per heavy atom. The first-order chi connectivity index (χ1) is 10.3. The van der Waals surface area contributed by atoms with Crippen molar-refractivity contribution in [3.8, 4) is 0 Å². The minimum Gasteiger partial charge on any atom is -0.384 e. The molecule has 2 aromatic rings. The average Bonchev–Trinajstić information content (AvgIpc) is 2.54. The zero-order chi connectivity index (χ0) is 14.9. The lowest BCUT2D eigenvalue weighted by Crippen LogP contribution is -2.16. The number of benzene rings is 2. The molecule has 0 amide bonds. The molecule has 2 heteroatoms. The number of nitrogens with one attached hydrogen (secondary N) is 1. The molecule has 0 aliphatic heterocycles. The van der Waals surface area contributed by atoms with Crippen molar-refractivity contribution in [1.82, 2.24) is 5.32 Å². The Morgan fingerprint density at radius 1 is 0.952 bits per heavy atom. The van der Waals surface area contributed by atoms with Crippen LogP contribution in [0.3, 0.4) is 0 Å². The van der Waals surface area contributed by atoms with Crippen LogP contribution in [0.5, 0.6) is 0 Å². The van der Waals surface area contributed by atoms with Gasteiger partial charge in [-0.05, 0) is 11.1 Å². The molecule has 0 saturated heterocycles. The molecule has 1 N–H and O–H groups in total. The topological polar surface area (TPSA) is 29.1 Å². The van der Waals surface area contributed by atoms with Crippen molar-refractivity contribution in [1.29, 1.82) is 0 Å². The second-order valence-electron chi connectivity index (χ2n) is 4.99. The van der Waals surface area contributed by atoms with Crippen LogP contribution in [0.15, 0.2) is 72.4 Å². The highest BCUT2D eigenvalue weighted by Crippen LogP contribution is 2.08. The van der Waals surface area contributed by atoms with E-state index in [1.54, 1.807) is 6.08 Å². The number of carbonyl (C=O) groups is 1. The molecule has 0 fully saturated rings. The Bertz CT molecular complexity index is 587. The average molecular weight is 279 g/mol. The number of allylic oxidation sites excluding steroid dienone is 2. The van der Waals surface area contributed by atoms with Gasteiger partial charge in [0.25, 0.3) is 0 Å². The minimum absolute atomic E-state index is 0.154. The second-order valence-corrected chi connectivity index (χ2v) is 4.99. The summed E-state index contributed by atoms with van der Waals surface area (Å²) in [5.41, 5.74) is 3.38. The number of hydrogen-bond acceptors (Lipinski definition) is 2. The summed E-state index contributed by atoms with van der Waals surface area (Å²) in [6.45, 7) is 2.62. The van der Waals surface area contributed by atoms with Gasteiger partial charge in [0.05, 0.1) is 0 Å². The molecule has 0 spiro atoms. The molecule has 0 aliphatic carbocycles. The molecular weight excluding hydrogens is 258 g/mol. The normalized spacial score (nSPS) is 11.2. The van der Waals surface area contributed by atoms with E-state index in [1.807, 2.05) is 43.3 Å². The van der Waals surface area contributed by atoms with Crippen LogP contribution in [0.4, 0.5) is 0 Å². The van der Waals surface area contributed by atoms with Crippen LogP contribution in [0.2, 0.25) is 0 Å². The van der Waals surface area contributed by atoms with Gasteiger partial charge in [0.1, 0.15) is 0 Å².